The van der Waals surface area contributed by atoms with Crippen LogP contribution >= 0.6 is 0 Å². The van der Waals surface area contributed by atoms with Gasteiger partial charge in [-0.3, -0.25) is 4.79 Å². The van der Waals surface area contributed by atoms with Crippen LogP contribution in [-0.2, 0) is 4.79 Å². The molecule has 0 aromatic carbocycles. The third-order valence-electron chi connectivity index (χ3n) is 9.91. The maximum atomic E-state index is 12.7. The Bertz CT molecular complexity index is 779. The predicted molar refractivity (Wildman–Crippen MR) is 114 cm³/mol. The summed E-state index contributed by atoms with van der Waals surface area (Å²) >= 11 is 0. The summed E-state index contributed by atoms with van der Waals surface area (Å²) in [5.74, 6) is 1.82. The van der Waals surface area contributed by atoms with Gasteiger partial charge in [-0.2, -0.15) is 0 Å². The Labute approximate surface area is 175 Å². The van der Waals surface area contributed by atoms with E-state index in [2.05, 4.69) is 13.8 Å². The molecule has 0 aromatic rings. The minimum absolute atomic E-state index is 0.00310. The highest BCUT2D eigenvalue weighted by atomic mass is 16.3. The van der Waals surface area contributed by atoms with Gasteiger partial charge in [0.25, 0.3) is 0 Å². The van der Waals surface area contributed by atoms with Gasteiger partial charge in [0, 0.05) is 23.4 Å². The molecule has 2 N–H and O–H groups in total. The Kier molecular flexibility index (Phi) is 4.68. The number of carbonyl (C=O) groups is 1. The summed E-state index contributed by atoms with van der Waals surface area (Å²) < 4.78 is 0. The molecule has 0 heterocycles. The second-order valence-corrected chi connectivity index (χ2v) is 11.0. The van der Waals surface area contributed by atoms with Crippen molar-refractivity contribution in [3.8, 4) is 0 Å². The topological polar surface area (TPSA) is 57.5 Å². The number of unbranched alkanes of at least 4 members (excludes halogenated alkanes) is 2. The fourth-order valence-corrected chi connectivity index (χ4v) is 8.41. The van der Waals surface area contributed by atoms with Gasteiger partial charge in [0.15, 0.2) is 5.78 Å². The molecule has 0 radical (unpaired) electrons. The van der Waals surface area contributed by atoms with Gasteiger partial charge in [-0.25, -0.2) is 0 Å². The normalized spacial score (nSPS) is 44.9. The van der Waals surface area contributed by atoms with Crippen molar-refractivity contribution >= 4 is 5.78 Å². The number of hydrogen-bond donors (Lipinski definition) is 2. The van der Waals surface area contributed by atoms with E-state index in [1.165, 1.54) is 31.3 Å². The fourth-order valence-electron chi connectivity index (χ4n) is 8.41. The average Bonchev–Trinajstić information content (AvgIpc) is 3.14. The van der Waals surface area contributed by atoms with Crippen LogP contribution in [-0.4, -0.2) is 28.2 Å². The number of hydrogen-bond acceptors (Lipinski definition) is 3. The molecule has 1 spiro atoms. The van der Waals surface area contributed by atoms with Crippen LogP contribution in [0.4, 0.5) is 0 Å². The lowest BCUT2D eigenvalue weighted by molar-refractivity contribution is -0.118. The molecule has 3 heteroatoms. The molecule has 3 nitrogen and oxygen atoms in total. The van der Waals surface area contributed by atoms with E-state index in [4.69, 9.17) is 0 Å². The Morgan fingerprint density at radius 3 is 2.79 bits per heavy atom. The standard InChI is InChI=1S/C26H38O3/c1-3-4-5-7-18-14-19-17(15-21(18)28)8-12-26-20(23(19)26)16-24(2)22(26)9-11-25(24,29)10-6-13-27/h15,18,20,22,27,29H,3-14,16H2,1-2H3/t18?,20-,22+,24-,25-,26?/m0/s1. The number of allylic oxidation sites excluding steroid dienone is 4. The van der Waals surface area contributed by atoms with Crippen molar-refractivity contribution in [3.05, 3.63) is 22.8 Å². The fraction of sp³-hybridized carbons (Fsp3) is 0.808. The molecule has 5 aliphatic rings. The highest BCUT2D eigenvalue weighted by Gasteiger charge is 2.79. The average molecular weight is 399 g/mol. The van der Waals surface area contributed by atoms with Crippen molar-refractivity contribution < 1.29 is 15.0 Å². The number of carbonyl (C=O) groups excluding carboxylic acids is 1. The molecule has 0 amide bonds. The number of aliphatic hydroxyl groups excluding tert-OH is 1. The number of ketones is 1. The summed E-state index contributed by atoms with van der Waals surface area (Å²) in [5, 5.41) is 20.8. The molecule has 0 aromatic heterocycles. The Balaban J connectivity index is 1.42. The van der Waals surface area contributed by atoms with Crippen LogP contribution < -0.4 is 0 Å². The number of fused-ring (bicyclic) bond motifs is 3. The molecular weight excluding hydrogens is 360 g/mol. The van der Waals surface area contributed by atoms with Gasteiger partial charge in [0.2, 0.25) is 0 Å². The van der Waals surface area contributed by atoms with Crippen molar-refractivity contribution in [1.82, 2.24) is 0 Å². The van der Waals surface area contributed by atoms with E-state index in [0.29, 0.717) is 29.5 Å². The zero-order chi connectivity index (χ0) is 20.4. The highest BCUT2D eigenvalue weighted by Crippen LogP contribution is 2.85. The zero-order valence-electron chi connectivity index (χ0n) is 18.3. The van der Waals surface area contributed by atoms with Gasteiger partial charge in [-0.05, 0) is 86.8 Å². The molecule has 5 rings (SSSR count). The number of aliphatic hydroxyl groups is 2. The third-order valence-corrected chi connectivity index (χ3v) is 9.91. The van der Waals surface area contributed by atoms with Gasteiger partial charge in [-0.15, -0.1) is 0 Å². The molecule has 160 valence electrons. The molecule has 6 atom stereocenters. The largest absolute Gasteiger partial charge is 0.396 e. The summed E-state index contributed by atoms with van der Waals surface area (Å²) in [7, 11) is 0. The lowest BCUT2D eigenvalue weighted by atomic mass is 9.63. The van der Waals surface area contributed by atoms with E-state index in [9.17, 15) is 15.0 Å². The molecule has 2 unspecified atom stereocenters. The van der Waals surface area contributed by atoms with Crippen molar-refractivity contribution in [1.29, 1.82) is 0 Å². The van der Waals surface area contributed by atoms with E-state index in [1.807, 2.05) is 6.08 Å². The van der Waals surface area contributed by atoms with Crippen LogP contribution in [0, 0.1) is 28.6 Å². The minimum atomic E-state index is -0.598. The second kappa shape index (κ2) is 6.79. The van der Waals surface area contributed by atoms with Crippen molar-refractivity contribution in [3.63, 3.8) is 0 Å². The first-order valence-electron chi connectivity index (χ1n) is 12.2. The van der Waals surface area contributed by atoms with Crippen LogP contribution in [0.25, 0.3) is 0 Å². The summed E-state index contributed by atoms with van der Waals surface area (Å²) in [6, 6.07) is 0. The highest BCUT2D eigenvalue weighted by molar-refractivity contribution is 5.95. The van der Waals surface area contributed by atoms with Crippen molar-refractivity contribution in [2.24, 2.45) is 28.6 Å². The van der Waals surface area contributed by atoms with Crippen molar-refractivity contribution in [2.45, 2.75) is 96.5 Å². The first-order valence-corrected chi connectivity index (χ1v) is 12.2. The summed E-state index contributed by atoms with van der Waals surface area (Å²) in [6.07, 6.45) is 14.5. The van der Waals surface area contributed by atoms with E-state index in [1.54, 1.807) is 11.1 Å². The summed E-state index contributed by atoms with van der Waals surface area (Å²) in [5.41, 5.74) is 4.36. The van der Waals surface area contributed by atoms with E-state index < -0.39 is 5.60 Å². The quantitative estimate of drug-likeness (QED) is 0.586. The molecule has 3 saturated carbocycles. The van der Waals surface area contributed by atoms with E-state index in [-0.39, 0.29) is 17.9 Å². The van der Waals surface area contributed by atoms with Gasteiger partial charge in [-0.1, -0.05) is 38.7 Å². The lowest BCUT2D eigenvalue weighted by Crippen LogP contribution is -2.45. The zero-order valence-corrected chi connectivity index (χ0v) is 18.3. The van der Waals surface area contributed by atoms with Crippen LogP contribution in [0.5, 0.6) is 0 Å². The summed E-state index contributed by atoms with van der Waals surface area (Å²) in [6.45, 7) is 4.74. The Morgan fingerprint density at radius 1 is 1.21 bits per heavy atom. The Hall–Kier alpha value is -0.930. The SMILES string of the molecule is CCCCCC1CC2=C3[C@@H]4C[C@@]5(C)[C@@H](CC[C@@]5(O)CCCO)C34CCC2=CC1=O. The molecule has 0 saturated heterocycles. The van der Waals surface area contributed by atoms with E-state index >= 15 is 0 Å². The molecular formula is C26H38O3. The lowest BCUT2D eigenvalue weighted by Gasteiger charge is -2.44. The van der Waals surface area contributed by atoms with Gasteiger partial charge in [0.1, 0.15) is 0 Å². The number of rotatable bonds is 7. The predicted octanol–water partition coefficient (Wildman–Crippen LogP) is 5.11. The molecule has 3 fully saturated rings. The molecule has 5 aliphatic carbocycles. The van der Waals surface area contributed by atoms with Crippen molar-refractivity contribution in [2.75, 3.05) is 6.61 Å². The van der Waals surface area contributed by atoms with E-state index in [0.717, 1.165) is 44.9 Å². The first kappa shape index (κ1) is 20.0. The van der Waals surface area contributed by atoms with Gasteiger partial charge in [0.05, 0.1) is 5.60 Å². The van der Waals surface area contributed by atoms with Crippen LogP contribution in [0.3, 0.4) is 0 Å². The van der Waals surface area contributed by atoms with Gasteiger partial charge >= 0.3 is 0 Å². The van der Waals surface area contributed by atoms with Crippen LogP contribution in [0.15, 0.2) is 22.8 Å². The monoisotopic (exact) mass is 398 g/mol. The minimum Gasteiger partial charge on any atom is -0.396 e. The molecule has 0 aliphatic heterocycles. The molecule has 0 bridgehead atoms. The molecule has 29 heavy (non-hydrogen) atoms. The van der Waals surface area contributed by atoms with Crippen LogP contribution in [0.1, 0.15) is 90.9 Å². The maximum absolute atomic E-state index is 12.7. The Morgan fingerprint density at radius 2 is 2.03 bits per heavy atom. The van der Waals surface area contributed by atoms with Gasteiger partial charge < -0.3 is 10.2 Å². The maximum Gasteiger partial charge on any atom is 0.159 e. The third kappa shape index (κ3) is 2.59. The second-order valence-electron chi connectivity index (χ2n) is 11.0. The smallest absolute Gasteiger partial charge is 0.159 e. The van der Waals surface area contributed by atoms with Crippen LogP contribution in [0.2, 0.25) is 0 Å². The first-order chi connectivity index (χ1) is 13.9. The summed E-state index contributed by atoms with van der Waals surface area (Å²) in [4.78, 5) is 12.7.